The second kappa shape index (κ2) is 8.30. The number of aromatic nitrogens is 2. The van der Waals surface area contributed by atoms with Crippen LogP contribution in [0.1, 0.15) is 46.9 Å². The fraction of sp³-hybridized carbons (Fsp3) is 0.259. The van der Waals surface area contributed by atoms with Gasteiger partial charge in [0.25, 0.3) is 0 Å². The van der Waals surface area contributed by atoms with Gasteiger partial charge in [-0.3, -0.25) is 9.78 Å². The Morgan fingerprint density at radius 1 is 1.03 bits per heavy atom. The van der Waals surface area contributed by atoms with E-state index < -0.39 is 17.3 Å². The first-order valence-corrected chi connectivity index (χ1v) is 11.8. The van der Waals surface area contributed by atoms with Gasteiger partial charge in [-0.1, -0.05) is 12.1 Å². The van der Waals surface area contributed by atoms with Gasteiger partial charge in [0.15, 0.2) is 5.78 Å². The van der Waals surface area contributed by atoms with Gasteiger partial charge in [0.1, 0.15) is 11.6 Å². The molecule has 35 heavy (non-hydrogen) atoms. The fourth-order valence-corrected chi connectivity index (χ4v) is 5.08. The van der Waals surface area contributed by atoms with E-state index in [9.17, 15) is 14.0 Å². The van der Waals surface area contributed by atoms with E-state index in [0.717, 1.165) is 36.7 Å². The Kier molecular flexibility index (Phi) is 5.09. The number of ketones is 1. The van der Waals surface area contributed by atoms with Crippen LogP contribution >= 0.6 is 0 Å². The second-order valence-corrected chi connectivity index (χ2v) is 9.32. The third-order valence-electron chi connectivity index (χ3n) is 7.03. The average Bonchev–Trinajstić information content (AvgIpc) is 3.38. The molecule has 2 aromatic carbocycles. The number of halogens is 1. The van der Waals surface area contributed by atoms with E-state index in [2.05, 4.69) is 20.5 Å². The molecule has 176 valence electrons. The summed E-state index contributed by atoms with van der Waals surface area (Å²) in [7, 11) is 0. The Morgan fingerprint density at radius 3 is 2.57 bits per heavy atom. The number of Topliss-reactive ketones (excluding diaryl/α,β-unsaturated/α-hetero) is 1. The molecule has 0 radical (unpaired) electrons. The van der Waals surface area contributed by atoms with Gasteiger partial charge in [-0.05, 0) is 67.8 Å². The van der Waals surface area contributed by atoms with Crippen LogP contribution in [-0.4, -0.2) is 34.9 Å². The second-order valence-electron chi connectivity index (χ2n) is 9.32. The topological polar surface area (TPSA) is 87.2 Å². The van der Waals surface area contributed by atoms with Gasteiger partial charge in [0.05, 0.1) is 23.0 Å². The van der Waals surface area contributed by atoms with Crippen molar-refractivity contribution < 1.29 is 14.0 Å². The maximum atomic E-state index is 13.5. The van der Waals surface area contributed by atoms with Gasteiger partial charge in [-0.15, -0.1) is 0 Å². The number of anilines is 3. The Morgan fingerprint density at radius 2 is 1.80 bits per heavy atom. The number of nitrogens with one attached hydrogen (secondary N) is 2. The van der Waals surface area contributed by atoms with Crippen LogP contribution in [0.2, 0.25) is 0 Å². The lowest BCUT2D eigenvalue weighted by molar-refractivity contribution is 0.0926. The van der Waals surface area contributed by atoms with Crippen LogP contribution < -0.4 is 15.5 Å². The van der Waals surface area contributed by atoms with Gasteiger partial charge < -0.3 is 15.5 Å². The molecule has 2 N–H and O–H groups in total. The molecule has 2 amide bonds. The lowest BCUT2D eigenvalue weighted by Gasteiger charge is -2.21. The van der Waals surface area contributed by atoms with Crippen molar-refractivity contribution in [3.63, 3.8) is 0 Å². The molecular formula is C27H24FN5O2. The van der Waals surface area contributed by atoms with Crippen molar-refractivity contribution in [2.75, 3.05) is 28.6 Å². The number of hydrogen-bond donors (Lipinski definition) is 2. The fourth-order valence-electron chi connectivity index (χ4n) is 5.08. The van der Waals surface area contributed by atoms with Crippen molar-refractivity contribution in [3.05, 3.63) is 83.6 Å². The molecule has 2 atom stereocenters. The lowest BCUT2D eigenvalue weighted by atomic mass is 9.87. The van der Waals surface area contributed by atoms with Gasteiger partial charge in [-0.2, -0.15) is 0 Å². The zero-order valence-corrected chi connectivity index (χ0v) is 19.0. The van der Waals surface area contributed by atoms with Crippen LogP contribution in [0.25, 0.3) is 6.08 Å². The van der Waals surface area contributed by atoms with Crippen molar-refractivity contribution in [1.82, 2.24) is 9.97 Å². The van der Waals surface area contributed by atoms with Crippen molar-refractivity contribution >= 4 is 35.1 Å². The van der Waals surface area contributed by atoms with Crippen molar-refractivity contribution in [3.8, 4) is 0 Å². The van der Waals surface area contributed by atoms with Crippen LogP contribution in [0.3, 0.4) is 0 Å². The zero-order valence-electron chi connectivity index (χ0n) is 19.0. The van der Waals surface area contributed by atoms with Gasteiger partial charge >= 0.3 is 6.03 Å². The van der Waals surface area contributed by atoms with E-state index in [1.165, 1.54) is 31.0 Å². The van der Waals surface area contributed by atoms with Crippen molar-refractivity contribution in [2.45, 2.75) is 25.2 Å². The van der Waals surface area contributed by atoms with E-state index in [1.54, 1.807) is 30.3 Å². The highest BCUT2D eigenvalue weighted by Gasteiger charge is 2.61. The van der Waals surface area contributed by atoms with Gasteiger partial charge in [0.2, 0.25) is 0 Å². The Balaban J connectivity index is 1.14. The van der Waals surface area contributed by atoms with Crippen molar-refractivity contribution in [1.29, 1.82) is 0 Å². The molecule has 1 saturated carbocycles. The SMILES string of the molecule is O=C(Nc1ccc(C(=O)C23C=Cc4ncc(N5CCCC5)nc4C2C3)cc1)Nc1cccc(F)c1. The predicted molar refractivity (Wildman–Crippen MR) is 132 cm³/mol. The average molecular weight is 470 g/mol. The van der Waals surface area contributed by atoms with Gasteiger partial charge in [0, 0.05) is 35.9 Å². The van der Waals surface area contributed by atoms with E-state index in [-0.39, 0.29) is 11.7 Å². The Labute approximate surface area is 202 Å². The molecule has 7 nitrogen and oxygen atoms in total. The molecular weight excluding hydrogens is 445 g/mol. The number of benzene rings is 2. The number of carbonyl (C=O) groups excluding carboxylic acids is 2. The standard InChI is InChI=1S/C27H24FN5O2/c28-18-4-3-5-20(14-18)31-26(35)30-19-8-6-17(7-9-19)25(34)27-11-10-22-24(21(27)15-27)32-23(16-29-22)33-12-1-2-13-33/h3-11,14,16,21H,1-2,12-13,15H2,(H2,30,31,35). The molecule has 0 bridgehead atoms. The molecule has 0 spiro atoms. The van der Waals surface area contributed by atoms with E-state index in [4.69, 9.17) is 4.98 Å². The van der Waals surface area contributed by atoms with Crippen LogP contribution in [0.15, 0.2) is 60.8 Å². The summed E-state index contributed by atoms with van der Waals surface area (Å²) in [6, 6.07) is 12.0. The largest absolute Gasteiger partial charge is 0.355 e. The van der Waals surface area contributed by atoms with Crippen LogP contribution in [0, 0.1) is 11.2 Å². The van der Waals surface area contributed by atoms with Gasteiger partial charge in [-0.25, -0.2) is 14.2 Å². The third kappa shape index (κ3) is 3.95. The first-order valence-electron chi connectivity index (χ1n) is 11.8. The molecule has 2 aliphatic carbocycles. The summed E-state index contributed by atoms with van der Waals surface area (Å²) in [5, 5.41) is 5.29. The molecule has 1 aromatic heterocycles. The highest BCUT2D eigenvalue weighted by Crippen LogP contribution is 2.64. The number of allylic oxidation sites excluding steroid dienone is 1. The number of rotatable bonds is 5. The summed E-state index contributed by atoms with van der Waals surface area (Å²) in [6.45, 7) is 2.00. The summed E-state index contributed by atoms with van der Waals surface area (Å²) in [5.74, 6) is 0.561. The minimum absolute atomic E-state index is 0.0416. The van der Waals surface area contributed by atoms with E-state index >= 15 is 0 Å². The minimum Gasteiger partial charge on any atom is -0.355 e. The van der Waals surface area contributed by atoms with Crippen LogP contribution in [0.5, 0.6) is 0 Å². The molecule has 8 heteroatoms. The molecule has 3 aliphatic rings. The monoisotopic (exact) mass is 469 g/mol. The molecule has 6 rings (SSSR count). The number of hydrogen-bond acceptors (Lipinski definition) is 5. The molecule has 2 unspecified atom stereocenters. The number of fused-ring (bicyclic) bond motifs is 3. The van der Waals surface area contributed by atoms with E-state index in [0.29, 0.717) is 16.9 Å². The zero-order chi connectivity index (χ0) is 24.0. The lowest BCUT2D eigenvalue weighted by Crippen LogP contribution is -2.22. The molecule has 2 heterocycles. The molecule has 1 aliphatic heterocycles. The maximum Gasteiger partial charge on any atom is 0.323 e. The number of amides is 2. The smallest absolute Gasteiger partial charge is 0.323 e. The summed E-state index contributed by atoms with van der Waals surface area (Å²) in [4.78, 5) is 37.5. The first-order chi connectivity index (χ1) is 17.0. The molecule has 3 aromatic rings. The molecule has 2 fully saturated rings. The number of urea groups is 1. The third-order valence-corrected chi connectivity index (χ3v) is 7.03. The Hall–Kier alpha value is -4.07. The predicted octanol–water partition coefficient (Wildman–Crippen LogP) is 5.24. The number of carbonyl (C=O) groups is 2. The summed E-state index contributed by atoms with van der Waals surface area (Å²) in [5.41, 5.74) is 2.66. The summed E-state index contributed by atoms with van der Waals surface area (Å²) < 4.78 is 13.3. The van der Waals surface area contributed by atoms with Crippen LogP contribution in [0.4, 0.5) is 26.4 Å². The normalized spacial score (nSPS) is 21.7. The maximum absolute atomic E-state index is 13.5. The summed E-state index contributed by atoms with van der Waals surface area (Å²) in [6.07, 6.45) is 8.80. The molecule has 1 saturated heterocycles. The quantitative estimate of drug-likeness (QED) is 0.499. The van der Waals surface area contributed by atoms with Crippen molar-refractivity contribution in [2.24, 2.45) is 5.41 Å². The number of nitrogens with zero attached hydrogens (tertiary/aromatic N) is 3. The Bertz CT molecular complexity index is 1350. The highest BCUT2D eigenvalue weighted by molar-refractivity contribution is 6.06. The minimum atomic E-state index is -0.574. The van der Waals surface area contributed by atoms with Crippen LogP contribution in [-0.2, 0) is 0 Å². The first kappa shape index (κ1) is 21.5. The van der Waals surface area contributed by atoms with E-state index in [1.807, 2.05) is 18.3 Å². The summed E-state index contributed by atoms with van der Waals surface area (Å²) >= 11 is 0. The highest BCUT2D eigenvalue weighted by atomic mass is 19.1.